The number of aromatic nitrogens is 2. The highest BCUT2D eigenvalue weighted by molar-refractivity contribution is 8.26. The molecule has 0 aromatic carbocycles. The monoisotopic (exact) mass is 499 g/mol. The number of thiocarbonyl (C=S) groups is 1. The lowest BCUT2D eigenvalue weighted by Crippen LogP contribution is -2.40. The molecule has 0 atom stereocenters. The molecule has 0 saturated carbocycles. The molecule has 2 aromatic heterocycles. The SMILES string of the molecule is CCCCCN1C(=O)C(=Cc2c(N3CCC(C(N)=O)CC3)nc3c(C)cccn3c2=O)SC1=S. The van der Waals surface area contributed by atoms with Crippen LogP contribution in [0.5, 0.6) is 0 Å². The van der Waals surface area contributed by atoms with Gasteiger partial charge in [-0.25, -0.2) is 4.98 Å². The average Bonchev–Trinajstić information content (AvgIpc) is 3.08. The number of rotatable bonds is 7. The van der Waals surface area contributed by atoms with Gasteiger partial charge in [0.05, 0.1) is 10.5 Å². The summed E-state index contributed by atoms with van der Waals surface area (Å²) in [6.45, 7) is 5.71. The molecular weight excluding hydrogens is 470 g/mol. The van der Waals surface area contributed by atoms with E-state index in [1.165, 1.54) is 16.2 Å². The number of anilines is 1. The van der Waals surface area contributed by atoms with Gasteiger partial charge in [-0.15, -0.1) is 0 Å². The molecule has 180 valence electrons. The molecule has 0 aliphatic carbocycles. The molecule has 2 fully saturated rings. The first-order chi connectivity index (χ1) is 16.3. The van der Waals surface area contributed by atoms with Gasteiger partial charge in [0.1, 0.15) is 15.8 Å². The van der Waals surface area contributed by atoms with Crippen LogP contribution < -0.4 is 16.2 Å². The van der Waals surface area contributed by atoms with Crippen molar-refractivity contribution in [1.82, 2.24) is 14.3 Å². The van der Waals surface area contributed by atoms with Crippen LogP contribution in [0.2, 0.25) is 0 Å². The maximum Gasteiger partial charge on any atom is 0.267 e. The highest BCUT2D eigenvalue weighted by Crippen LogP contribution is 2.34. The summed E-state index contributed by atoms with van der Waals surface area (Å²) in [7, 11) is 0. The Labute approximate surface area is 208 Å². The Morgan fingerprint density at radius 1 is 1.29 bits per heavy atom. The molecule has 2 amide bonds. The Balaban J connectivity index is 1.76. The molecule has 0 bridgehead atoms. The van der Waals surface area contributed by atoms with E-state index in [1.807, 2.05) is 17.9 Å². The van der Waals surface area contributed by atoms with Crippen LogP contribution in [0.4, 0.5) is 5.82 Å². The van der Waals surface area contributed by atoms with E-state index in [1.54, 1.807) is 23.2 Å². The van der Waals surface area contributed by atoms with Crippen molar-refractivity contribution < 1.29 is 9.59 Å². The Bertz CT molecular complexity index is 1230. The summed E-state index contributed by atoms with van der Waals surface area (Å²) in [5, 5.41) is 0. The van der Waals surface area contributed by atoms with Gasteiger partial charge in [0.2, 0.25) is 5.91 Å². The molecule has 2 aromatic rings. The third kappa shape index (κ3) is 4.74. The third-order valence-corrected chi connectivity index (χ3v) is 7.77. The van der Waals surface area contributed by atoms with Crippen LogP contribution >= 0.6 is 24.0 Å². The number of aryl methyl sites for hydroxylation is 1. The second-order valence-corrected chi connectivity index (χ2v) is 10.4. The van der Waals surface area contributed by atoms with E-state index in [4.69, 9.17) is 22.9 Å². The molecule has 8 nitrogen and oxygen atoms in total. The molecule has 34 heavy (non-hydrogen) atoms. The van der Waals surface area contributed by atoms with Crippen molar-refractivity contribution in [2.75, 3.05) is 24.5 Å². The van der Waals surface area contributed by atoms with E-state index in [2.05, 4.69) is 6.92 Å². The summed E-state index contributed by atoms with van der Waals surface area (Å²) in [4.78, 5) is 47.3. The first kappa shape index (κ1) is 24.4. The number of fused-ring (bicyclic) bond motifs is 1. The third-order valence-electron chi connectivity index (χ3n) is 6.40. The van der Waals surface area contributed by atoms with Gasteiger partial charge in [-0.2, -0.15) is 0 Å². The normalized spacial score (nSPS) is 18.5. The van der Waals surface area contributed by atoms with Crippen molar-refractivity contribution in [3.63, 3.8) is 0 Å². The topological polar surface area (TPSA) is 101 Å². The standard InChI is InChI=1S/C24H29N5O3S2/c1-3-4-5-10-29-23(32)18(34-24(29)33)14-17-21(27-12-8-16(9-13-27)19(25)30)26-20-15(2)7-6-11-28(20)22(17)31/h6-7,11,14,16H,3-5,8-10,12-13H2,1-2H3,(H2,25,30). The number of nitrogens with two attached hydrogens (primary N) is 1. The molecule has 2 aliphatic rings. The summed E-state index contributed by atoms with van der Waals surface area (Å²) in [5.41, 5.74) is 7.07. The first-order valence-corrected chi connectivity index (χ1v) is 12.9. The van der Waals surface area contributed by atoms with Gasteiger partial charge in [-0.1, -0.05) is 49.8 Å². The number of pyridine rings is 1. The number of thioether (sulfide) groups is 1. The van der Waals surface area contributed by atoms with Crippen LogP contribution in [0.3, 0.4) is 0 Å². The molecule has 0 spiro atoms. The molecule has 4 heterocycles. The van der Waals surface area contributed by atoms with Crippen LogP contribution in [-0.2, 0) is 9.59 Å². The van der Waals surface area contributed by atoms with Gasteiger partial charge in [-0.05, 0) is 43.9 Å². The fourth-order valence-corrected chi connectivity index (χ4v) is 5.68. The highest BCUT2D eigenvalue weighted by Gasteiger charge is 2.33. The predicted molar refractivity (Wildman–Crippen MR) is 140 cm³/mol. The summed E-state index contributed by atoms with van der Waals surface area (Å²) < 4.78 is 2.03. The average molecular weight is 500 g/mol. The minimum Gasteiger partial charge on any atom is -0.369 e. The fraction of sp³-hybridized carbons (Fsp3) is 0.458. The summed E-state index contributed by atoms with van der Waals surface area (Å²) in [6, 6.07) is 3.71. The Morgan fingerprint density at radius 3 is 2.71 bits per heavy atom. The second-order valence-electron chi connectivity index (χ2n) is 8.74. The Kier molecular flexibility index (Phi) is 7.37. The van der Waals surface area contributed by atoms with Gasteiger partial charge < -0.3 is 10.6 Å². The summed E-state index contributed by atoms with van der Waals surface area (Å²) in [6.07, 6.45) is 7.49. The van der Waals surface area contributed by atoms with Crippen molar-refractivity contribution >= 4 is 57.7 Å². The van der Waals surface area contributed by atoms with Crippen LogP contribution in [0.25, 0.3) is 11.7 Å². The largest absolute Gasteiger partial charge is 0.369 e. The van der Waals surface area contributed by atoms with E-state index >= 15 is 0 Å². The smallest absolute Gasteiger partial charge is 0.267 e. The number of hydrogen-bond donors (Lipinski definition) is 1. The maximum atomic E-state index is 13.6. The molecule has 2 saturated heterocycles. The number of primary amides is 1. The zero-order chi connectivity index (χ0) is 24.4. The molecule has 0 unspecified atom stereocenters. The van der Waals surface area contributed by atoms with Gasteiger partial charge in [-0.3, -0.25) is 23.7 Å². The number of nitrogens with zero attached hydrogens (tertiary/aromatic N) is 4. The highest BCUT2D eigenvalue weighted by atomic mass is 32.2. The summed E-state index contributed by atoms with van der Waals surface area (Å²) >= 11 is 6.68. The van der Waals surface area contributed by atoms with E-state index < -0.39 is 0 Å². The minimum absolute atomic E-state index is 0.168. The number of amides is 2. The van der Waals surface area contributed by atoms with E-state index in [9.17, 15) is 14.4 Å². The minimum atomic E-state index is -0.297. The first-order valence-electron chi connectivity index (χ1n) is 11.6. The lowest BCUT2D eigenvalue weighted by atomic mass is 9.96. The zero-order valence-electron chi connectivity index (χ0n) is 19.5. The molecule has 2 aliphatic heterocycles. The second kappa shape index (κ2) is 10.3. The zero-order valence-corrected chi connectivity index (χ0v) is 21.1. The predicted octanol–water partition coefficient (Wildman–Crippen LogP) is 3.10. The number of carbonyl (C=O) groups excluding carboxylic acids is 2. The number of carbonyl (C=O) groups is 2. The lowest BCUT2D eigenvalue weighted by molar-refractivity contribution is -0.123. The molecule has 2 N–H and O–H groups in total. The van der Waals surface area contributed by atoms with Gasteiger partial charge in [0, 0.05) is 31.7 Å². The van der Waals surface area contributed by atoms with Gasteiger partial charge in [0.15, 0.2) is 0 Å². The van der Waals surface area contributed by atoms with Crippen molar-refractivity contribution in [3.8, 4) is 0 Å². The van der Waals surface area contributed by atoms with Crippen molar-refractivity contribution in [2.45, 2.75) is 46.0 Å². The Hall–Kier alpha value is -2.72. The van der Waals surface area contributed by atoms with Crippen molar-refractivity contribution in [3.05, 3.63) is 44.7 Å². The van der Waals surface area contributed by atoms with Crippen LogP contribution in [0, 0.1) is 12.8 Å². The van der Waals surface area contributed by atoms with E-state index in [0.717, 1.165) is 24.8 Å². The van der Waals surface area contributed by atoms with E-state index in [-0.39, 0.29) is 23.3 Å². The number of piperidine rings is 1. The number of unbranched alkanes of at least 4 members (excludes halogenated alkanes) is 2. The lowest BCUT2D eigenvalue weighted by Gasteiger charge is -2.32. The van der Waals surface area contributed by atoms with Crippen LogP contribution in [-0.4, -0.2) is 50.1 Å². The molecule has 4 rings (SSSR count). The fourth-order valence-electron chi connectivity index (χ4n) is 4.39. The molecule has 10 heteroatoms. The molecular formula is C24H29N5O3S2. The number of hydrogen-bond acceptors (Lipinski definition) is 7. The maximum absolute atomic E-state index is 13.6. The van der Waals surface area contributed by atoms with Crippen LogP contribution in [0.1, 0.15) is 50.2 Å². The van der Waals surface area contributed by atoms with Gasteiger partial charge in [0.25, 0.3) is 11.5 Å². The Morgan fingerprint density at radius 2 is 2.03 bits per heavy atom. The van der Waals surface area contributed by atoms with Crippen molar-refractivity contribution in [2.24, 2.45) is 11.7 Å². The van der Waals surface area contributed by atoms with E-state index in [0.29, 0.717) is 58.7 Å². The van der Waals surface area contributed by atoms with Crippen molar-refractivity contribution in [1.29, 1.82) is 0 Å². The summed E-state index contributed by atoms with van der Waals surface area (Å²) in [5.74, 6) is -0.118. The van der Waals surface area contributed by atoms with Crippen LogP contribution in [0.15, 0.2) is 28.0 Å². The quantitative estimate of drug-likeness (QED) is 0.355. The van der Waals surface area contributed by atoms with Gasteiger partial charge >= 0.3 is 0 Å². The molecule has 0 radical (unpaired) electrons.